The number of aliphatic hydroxyl groups is 1. The molecule has 0 spiro atoms. The van der Waals surface area contributed by atoms with Crippen LogP contribution in [0.4, 0.5) is 0 Å². The van der Waals surface area contributed by atoms with Crippen molar-refractivity contribution >= 4 is 11.0 Å². The highest BCUT2D eigenvalue weighted by Gasteiger charge is 2.11. The summed E-state index contributed by atoms with van der Waals surface area (Å²) >= 11 is 0. The second kappa shape index (κ2) is 6.85. The summed E-state index contributed by atoms with van der Waals surface area (Å²) in [5.74, 6) is 0. The molecular weight excluding hydrogens is 270 g/mol. The Hall–Kier alpha value is -1.69. The van der Waals surface area contributed by atoms with Crippen LogP contribution in [0.1, 0.15) is 11.1 Å². The van der Waals surface area contributed by atoms with E-state index < -0.39 is 6.10 Å². The van der Waals surface area contributed by atoms with E-state index in [0.717, 1.165) is 16.5 Å². The van der Waals surface area contributed by atoms with Gasteiger partial charge in [0.25, 0.3) is 0 Å². The number of rotatable bonds is 6. The Morgan fingerprint density at radius 2 is 2.14 bits per heavy atom. The summed E-state index contributed by atoms with van der Waals surface area (Å²) < 4.78 is 10.2. The molecule has 0 aliphatic rings. The summed E-state index contributed by atoms with van der Waals surface area (Å²) in [6.07, 6.45) is -0.548. The van der Waals surface area contributed by atoms with Crippen LogP contribution in [0.3, 0.4) is 0 Å². The van der Waals surface area contributed by atoms with Gasteiger partial charge in [-0.3, -0.25) is 4.90 Å². The third-order valence-electron chi connectivity index (χ3n) is 3.31. The van der Waals surface area contributed by atoms with E-state index in [1.165, 1.54) is 6.07 Å². The fourth-order valence-electron chi connectivity index (χ4n) is 2.43. The van der Waals surface area contributed by atoms with Crippen molar-refractivity contribution in [2.24, 2.45) is 0 Å². The van der Waals surface area contributed by atoms with E-state index in [9.17, 15) is 9.90 Å². The molecule has 2 rings (SSSR count). The maximum absolute atomic E-state index is 11.7. The summed E-state index contributed by atoms with van der Waals surface area (Å²) in [6, 6.07) is 7.32. The largest absolute Gasteiger partial charge is 0.423 e. The van der Waals surface area contributed by atoms with Crippen LogP contribution < -0.4 is 5.63 Å². The topological polar surface area (TPSA) is 62.9 Å². The van der Waals surface area contributed by atoms with E-state index in [4.69, 9.17) is 9.15 Å². The number of aryl methyl sites for hydroxylation is 1. The molecule has 1 aromatic heterocycles. The van der Waals surface area contributed by atoms with Crippen LogP contribution in [0.25, 0.3) is 11.0 Å². The van der Waals surface area contributed by atoms with Gasteiger partial charge >= 0.3 is 5.63 Å². The average Bonchev–Trinajstić information content (AvgIpc) is 2.37. The van der Waals surface area contributed by atoms with Gasteiger partial charge in [-0.1, -0.05) is 12.1 Å². The molecule has 1 N–H and O–H groups in total. The molecule has 0 amide bonds. The molecule has 1 heterocycles. The molecule has 0 saturated carbocycles. The number of nitrogens with zero attached hydrogens (tertiary/aromatic N) is 1. The number of aliphatic hydroxyl groups excluding tert-OH is 1. The molecule has 0 fully saturated rings. The first-order valence-corrected chi connectivity index (χ1v) is 6.88. The van der Waals surface area contributed by atoms with E-state index in [1.807, 2.05) is 37.1 Å². The Labute approximate surface area is 123 Å². The SMILES string of the molecule is COCC(O)CN(C)Cc1cc(=O)oc2cc(C)ccc12. The Balaban J connectivity index is 2.23. The smallest absolute Gasteiger partial charge is 0.336 e. The zero-order chi connectivity index (χ0) is 15.4. The molecule has 1 aromatic carbocycles. The molecule has 1 unspecified atom stereocenters. The predicted molar refractivity (Wildman–Crippen MR) is 81.4 cm³/mol. The lowest BCUT2D eigenvalue weighted by Gasteiger charge is -2.20. The summed E-state index contributed by atoms with van der Waals surface area (Å²) in [6.45, 7) is 3.29. The summed E-state index contributed by atoms with van der Waals surface area (Å²) in [4.78, 5) is 13.6. The molecule has 0 radical (unpaired) electrons. The highest BCUT2D eigenvalue weighted by molar-refractivity contribution is 5.80. The molecule has 1 atom stereocenters. The predicted octanol–water partition coefficient (Wildman–Crippen LogP) is 1.54. The lowest BCUT2D eigenvalue weighted by atomic mass is 10.1. The van der Waals surface area contributed by atoms with Crippen LogP contribution in [-0.4, -0.2) is 43.4 Å². The third-order valence-corrected chi connectivity index (χ3v) is 3.31. The lowest BCUT2D eigenvalue weighted by molar-refractivity contribution is 0.0419. The van der Waals surface area contributed by atoms with Gasteiger partial charge in [-0.15, -0.1) is 0 Å². The highest BCUT2D eigenvalue weighted by Crippen LogP contribution is 2.19. The molecule has 0 aliphatic carbocycles. The molecule has 114 valence electrons. The summed E-state index contributed by atoms with van der Waals surface area (Å²) in [7, 11) is 3.45. The minimum Gasteiger partial charge on any atom is -0.423 e. The quantitative estimate of drug-likeness (QED) is 0.818. The fourth-order valence-corrected chi connectivity index (χ4v) is 2.43. The maximum atomic E-state index is 11.7. The van der Waals surface area contributed by atoms with Gasteiger partial charge in [-0.05, 0) is 31.2 Å². The number of likely N-dealkylation sites (N-methyl/N-ethyl adjacent to an activating group) is 1. The van der Waals surface area contributed by atoms with Crippen molar-refractivity contribution in [1.29, 1.82) is 0 Å². The van der Waals surface area contributed by atoms with E-state index in [1.54, 1.807) is 7.11 Å². The van der Waals surface area contributed by atoms with Crippen LogP contribution in [0.5, 0.6) is 0 Å². The standard InChI is InChI=1S/C16H21NO4/c1-11-4-5-14-12(7-16(19)21-15(14)6-11)8-17(2)9-13(18)10-20-3/h4-7,13,18H,8-10H2,1-3H3. The Morgan fingerprint density at radius 1 is 1.38 bits per heavy atom. The van der Waals surface area contributed by atoms with E-state index in [0.29, 0.717) is 25.3 Å². The zero-order valence-electron chi connectivity index (χ0n) is 12.6. The van der Waals surface area contributed by atoms with E-state index >= 15 is 0 Å². The second-order valence-electron chi connectivity index (χ2n) is 5.40. The van der Waals surface area contributed by atoms with Crippen LogP contribution in [0.2, 0.25) is 0 Å². The van der Waals surface area contributed by atoms with Crippen LogP contribution in [-0.2, 0) is 11.3 Å². The molecule has 2 aromatic rings. The minimum atomic E-state index is -0.548. The molecular formula is C16H21NO4. The van der Waals surface area contributed by atoms with Crippen molar-refractivity contribution < 1.29 is 14.3 Å². The van der Waals surface area contributed by atoms with Crippen LogP contribution >= 0.6 is 0 Å². The zero-order valence-corrected chi connectivity index (χ0v) is 12.6. The van der Waals surface area contributed by atoms with Crippen LogP contribution in [0.15, 0.2) is 33.5 Å². The molecule has 0 bridgehead atoms. The Bertz CT molecular complexity index is 665. The number of hydrogen-bond donors (Lipinski definition) is 1. The Kier molecular flexibility index (Phi) is 5.12. The van der Waals surface area contributed by atoms with Gasteiger partial charge in [-0.2, -0.15) is 0 Å². The van der Waals surface area contributed by atoms with Gasteiger partial charge in [0.05, 0.1) is 12.7 Å². The van der Waals surface area contributed by atoms with Crippen LogP contribution in [0, 0.1) is 6.92 Å². The van der Waals surface area contributed by atoms with Crippen molar-refractivity contribution in [2.75, 3.05) is 27.3 Å². The fraction of sp³-hybridized carbons (Fsp3) is 0.438. The van der Waals surface area contributed by atoms with Gasteiger partial charge in [0.2, 0.25) is 0 Å². The monoisotopic (exact) mass is 291 g/mol. The number of methoxy groups -OCH3 is 1. The van der Waals surface area contributed by atoms with Crippen molar-refractivity contribution in [3.63, 3.8) is 0 Å². The van der Waals surface area contributed by atoms with Gasteiger partial charge in [0.15, 0.2) is 0 Å². The van der Waals surface area contributed by atoms with E-state index in [-0.39, 0.29) is 5.63 Å². The van der Waals surface area contributed by atoms with Crippen molar-refractivity contribution in [3.8, 4) is 0 Å². The van der Waals surface area contributed by atoms with E-state index in [2.05, 4.69) is 0 Å². The maximum Gasteiger partial charge on any atom is 0.336 e. The van der Waals surface area contributed by atoms with Crippen molar-refractivity contribution in [2.45, 2.75) is 19.6 Å². The molecule has 0 aliphatic heterocycles. The lowest BCUT2D eigenvalue weighted by Crippen LogP contribution is -2.31. The number of hydrogen-bond acceptors (Lipinski definition) is 5. The highest BCUT2D eigenvalue weighted by atomic mass is 16.5. The first kappa shape index (κ1) is 15.7. The first-order valence-electron chi connectivity index (χ1n) is 6.88. The first-order chi connectivity index (χ1) is 9.99. The van der Waals surface area contributed by atoms with Crippen molar-refractivity contribution in [3.05, 3.63) is 45.8 Å². The minimum absolute atomic E-state index is 0.293. The number of benzene rings is 1. The summed E-state index contributed by atoms with van der Waals surface area (Å²) in [5, 5.41) is 10.7. The van der Waals surface area contributed by atoms with Gasteiger partial charge in [0, 0.05) is 31.7 Å². The molecule has 0 saturated heterocycles. The average molecular weight is 291 g/mol. The van der Waals surface area contributed by atoms with Gasteiger partial charge in [0.1, 0.15) is 5.58 Å². The van der Waals surface area contributed by atoms with Gasteiger partial charge in [-0.25, -0.2) is 4.79 Å². The molecule has 5 heteroatoms. The normalized spacial score (nSPS) is 13.0. The summed E-state index contributed by atoms with van der Waals surface area (Å²) in [5.41, 5.74) is 2.19. The molecule has 5 nitrogen and oxygen atoms in total. The second-order valence-corrected chi connectivity index (χ2v) is 5.40. The molecule has 21 heavy (non-hydrogen) atoms. The number of ether oxygens (including phenoxy) is 1. The third kappa shape index (κ3) is 4.14. The number of fused-ring (bicyclic) bond motifs is 1. The Morgan fingerprint density at radius 3 is 2.86 bits per heavy atom. The van der Waals surface area contributed by atoms with Crippen molar-refractivity contribution in [1.82, 2.24) is 4.90 Å². The van der Waals surface area contributed by atoms with Gasteiger partial charge < -0.3 is 14.3 Å².